The Labute approximate surface area is 167 Å². The molecule has 0 unspecified atom stereocenters. The van der Waals surface area contributed by atoms with Crippen molar-refractivity contribution in [1.82, 2.24) is 19.6 Å². The summed E-state index contributed by atoms with van der Waals surface area (Å²) in [6.07, 6.45) is 3.04. The minimum Gasteiger partial charge on any atom is -0.349 e. The first kappa shape index (κ1) is 19.1. The number of nitrogens with zero attached hydrogens (tertiary/aromatic N) is 2. The molecule has 0 atom stereocenters. The molecule has 7 nitrogen and oxygen atoms in total. The first-order valence-electron chi connectivity index (χ1n) is 9.31. The van der Waals surface area contributed by atoms with Crippen molar-refractivity contribution in [3.63, 3.8) is 0 Å². The number of rotatable bonds is 6. The maximum absolute atomic E-state index is 12.7. The third kappa shape index (κ3) is 4.11. The number of thiophene rings is 1. The normalized spacial score (nSPS) is 15.7. The number of carbonyl (C=O) groups excluding carboxylic acids is 1. The van der Waals surface area contributed by atoms with Gasteiger partial charge in [-0.2, -0.15) is 4.31 Å². The number of hydrogen-bond donors (Lipinski definition) is 2. The summed E-state index contributed by atoms with van der Waals surface area (Å²) in [6, 6.07) is 11.0. The van der Waals surface area contributed by atoms with Crippen LogP contribution >= 0.6 is 11.3 Å². The molecule has 1 aliphatic heterocycles. The topological polar surface area (TPSA) is 95.2 Å². The smallest absolute Gasteiger partial charge is 0.252 e. The van der Waals surface area contributed by atoms with Gasteiger partial charge in [-0.15, -0.1) is 11.3 Å². The number of imidazole rings is 1. The number of benzene rings is 1. The molecule has 148 valence electrons. The number of piperidine rings is 1. The van der Waals surface area contributed by atoms with Gasteiger partial charge in [-0.25, -0.2) is 13.4 Å². The molecule has 1 aromatic carbocycles. The molecule has 1 fully saturated rings. The number of amides is 1. The Bertz CT molecular complexity index is 1050. The number of nitrogens with one attached hydrogen (secondary N) is 2. The first-order chi connectivity index (χ1) is 13.5. The summed E-state index contributed by atoms with van der Waals surface area (Å²) in [7, 11) is -3.44. The highest BCUT2D eigenvalue weighted by Crippen LogP contribution is 2.27. The lowest BCUT2D eigenvalue weighted by molar-refractivity contribution is -0.120. The molecule has 0 bridgehead atoms. The summed E-state index contributed by atoms with van der Waals surface area (Å²) < 4.78 is 27.3. The van der Waals surface area contributed by atoms with Crippen molar-refractivity contribution in [1.29, 1.82) is 0 Å². The molecule has 1 saturated heterocycles. The average molecular weight is 419 g/mol. The molecule has 4 rings (SSSR count). The highest BCUT2D eigenvalue weighted by molar-refractivity contribution is 7.91. The van der Waals surface area contributed by atoms with Crippen LogP contribution in [0.5, 0.6) is 0 Å². The standard InChI is InChI=1S/C19H22N4O3S2/c24-18(20-13-17-21-15-6-2-3-7-16(15)22-17)12-14-8-9-19(27-14)28(25,26)23-10-4-1-5-11-23/h2-3,6-9H,1,4-5,10-13H2,(H,20,24)(H,21,22). The second-order valence-corrected chi connectivity index (χ2v) is 10.2. The number of aromatic nitrogens is 2. The highest BCUT2D eigenvalue weighted by Gasteiger charge is 2.27. The summed E-state index contributed by atoms with van der Waals surface area (Å²) in [6.45, 7) is 1.46. The van der Waals surface area contributed by atoms with Gasteiger partial charge in [-0.1, -0.05) is 18.6 Å². The zero-order valence-electron chi connectivity index (χ0n) is 15.3. The molecule has 9 heteroatoms. The van der Waals surface area contributed by atoms with Gasteiger partial charge in [0.15, 0.2) is 0 Å². The SMILES string of the molecule is O=C(Cc1ccc(S(=O)(=O)N2CCCCC2)s1)NCc1nc2ccccc2[nH]1. The molecule has 3 heterocycles. The number of carbonyl (C=O) groups is 1. The molecule has 1 amide bonds. The van der Waals surface area contributed by atoms with Crippen molar-refractivity contribution in [2.75, 3.05) is 13.1 Å². The van der Waals surface area contributed by atoms with Gasteiger partial charge in [0.1, 0.15) is 10.0 Å². The van der Waals surface area contributed by atoms with Crippen LogP contribution < -0.4 is 5.32 Å². The largest absolute Gasteiger partial charge is 0.349 e. The second-order valence-electron chi connectivity index (χ2n) is 6.84. The third-order valence-corrected chi connectivity index (χ3v) is 8.22. The van der Waals surface area contributed by atoms with E-state index in [-0.39, 0.29) is 12.3 Å². The maximum atomic E-state index is 12.7. The van der Waals surface area contributed by atoms with Crippen molar-refractivity contribution in [3.8, 4) is 0 Å². The van der Waals surface area contributed by atoms with Crippen molar-refractivity contribution < 1.29 is 13.2 Å². The van der Waals surface area contributed by atoms with Crippen LogP contribution in [0.1, 0.15) is 30.0 Å². The van der Waals surface area contributed by atoms with Crippen LogP contribution in [0.2, 0.25) is 0 Å². The molecule has 1 aliphatic rings. The van der Waals surface area contributed by atoms with Gasteiger partial charge in [-0.05, 0) is 37.1 Å². The molecule has 0 radical (unpaired) electrons. The minimum atomic E-state index is -3.44. The lowest BCUT2D eigenvalue weighted by Gasteiger charge is -2.25. The molecular weight excluding hydrogens is 396 g/mol. The second kappa shape index (κ2) is 8.02. The van der Waals surface area contributed by atoms with Crippen LogP contribution in [0.3, 0.4) is 0 Å². The van der Waals surface area contributed by atoms with Crippen molar-refractivity contribution in [3.05, 3.63) is 47.1 Å². The molecular formula is C19H22N4O3S2. The molecule has 0 aliphatic carbocycles. The Balaban J connectivity index is 1.36. The van der Waals surface area contributed by atoms with Crippen LogP contribution in [-0.2, 0) is 27.8 Å². The van der Waals surface area contributed by atoms with Crippen LogP contribution in [0.15, 0.2) is 40.6 Å². The fraction of sp³-hybridized carbons (Fsp3) is 0.368. The summed E-state index contributed by atoms with van der Waals surface area (Å²) in [4.78, 5) is 20.6. The molecule has 28 heavy (non-hydrogen) atoms. The number of hydrogen-bond acceptors (Lipinski definition) is 5. The van der Waals surface area contributed by atoms with E-state index in [1.165, 1.54) is 11.3 Å². The van der Waals surface area contributed by atoms with E-state index in [4.69, 9.17) is 0 Å². The lowest BCUT2D eigenvalue weighted by Crippen LogP contribution is -2.35. The summed E-state index contributed by atoms with van der Waals surface area (Å²) in [5.74, 6) is 0.526. The minimum absolute atomic E-state index is 0.153. The molecule has 2 aromatic heterocycles. The first-order valence-corrected chi connectivity index (χ1v) is 11.6. The summed E-state index contributed by atoms with van der Waals surface area (Å²) in [5.41, 5.74) is 1.79. The predicted molar refractivity (Wildman–Crippen MR) is 109 cm³/mol. The van der Waals surface area contributed by atoms with Crippen molar-refractivity contribution in [2.45, 2.75) is 36.4 Å². The number of para-hydroxylation sites is 2. The van der Waals surface area contributed by atoms with Crippen LogP contribution in [0, 0.1) is 0 Å². The average Bonchev–Trinajstić information content (AvgIpc) is 3.34. The molecule has 0 saturated carbocycles. The Morgan fingerprint density at radius 1 is 1.14 bits per heavy atom. The fourth-order valence-electron chi connectivity index (χ4n) is 3.32. The summed E-state index contributed by atoms with van der Waals surface area (Å²) >= 11 is 1.17. The van der Waals surface area contributed by atoms with Crippen LogP contribution in [-0.4, -0.2) is 41.7 Å². The van der Waals surface area contributed by atoms with E-state index in [0.717, 1.165) is 35.2 Å². The van der Waals surface area contributed by atoms with E-state index in [1.54, 1.807) is 16.4 Å². The van der Waals surface area contributed by atoms with Gasteiger partial charge in [0.05, 0.1) is 24.0 Å². The van der Waals surface area contributed by atoms with Gasteiger partial charge in [0, 0.05) is 18.0 Å². The third-order valence-electron chi connectivity index (χ3n) is 4.77. The lowest BCUT2D eigenvalue weighted by atomic mass is 10.2. The van der Waals surface area contributed by atoms with Crippen LogP contribution in [0.4, 0.5) is 0 Å². The molecule has 3 aromatic rings. The number of aromatic amines is 1. The van der Waals surface area contributed by atoms with Crippen LogP contribution in [0.25, 0.3) is 11.0 Å². The van der Waals surface area contributed by atoms with Gasteiger partial charge in [0.25, 0.3) is 10.0 Å². The Morgan fingerprint density at radius 2 is 1.93 bits per heavy atom. The molecule has 0 spiro atoms. The van der Waals surface area contributed by atoms with E-state index in [2.05, 4.69) is 15.3 Å². The molecule has 2 N–H and O–H groups in total. The maximum Gasteiger partial charge on any atom is 0.252 e. The van der Waals surface area contributed by atoms with Gasteiger partial charge < -0.3 is 10.3 Å². The zero-order chi connectivity index (χ0) is 19.6. The summed E-state index contributed by atoms with van der Waals surface area (Å²) in [5, 5.41) is 2.83. The Morgan fingerprint density at radius 3 is 2.71 bits per heavy atom. The quantitative estimate of drug-likeness (QED) is 0.643. The van der Waals surface area contributed by atoms with Gasteiger partial charge in [0.2, 0.25) is 5.91 Å². The number of fused-ring (bicyclic) bond motifs is 1. The van der Waals surface area contributed by atoms with Crippen molar-refractivity contribution >= 4 is 38.3 Å². The van der Waals surface area contributed by atoms with Crippen molar-refractivity contribution in [2.24, 2.45) is 0 Å². The number of H-pyrrole nitrogens is 1. The monoisotopic (exact) mass is 418 g/mol. The Hall–Kier alpha value is -2.23. The highest BCUT2D eigenvalue weighted by atomic mass is 32.2. The van der Waals surface area contributed by atoms with Gasteiger partial charge >= 0.3 is 0 Å². The van der Waals surface area contributed by atoms with E-state index in [9.17, 15) is 13.2 Å². The van der Waals surface area contributed by atoms with E-state index < -0.39 is 10.0 Å². The van der Waals surface area contributed by atoms with E-state index in [0.29, 0.717) is 29.7 Å². The van der Waals surface area contributed by atoms with E-state index >= 15 is 0 Å². The predicted octanol–water partition coefficient (Wildman–Crippen LogP) is 2.66. The zero-order valence-corrected chi connectivity index (χ0v) is 17.0. The number of sulfonamides is 1. The fourth-order valence-corrected chi connectivity index (χ4v) is 6.34. The van der Waals surface area contributed by atoms with Gasteiger partial charge in [-0.3, -0.25) is 4.79 Å². The van der Waals surface area contributed by atoms with E-state index in [1.807, 2.05) is 24.3 Å². The Kier molecular flexibility index (Phi) is 5.47.